The molecule has 4 nitrogen and oxygen atoms in total. The Morgan fingerprint density at radius 2 is 2.06 bits per heavy atom. The molecular formula is C12H16N4. The van der Waals surface area contributed by atoms with Crippen LogP contribution in [-0.4, -0.2) is 21.6 Å². The lowest BCUT2D eigenvalue weighted by Gasteiger charge is -2.16. The minimum Gasteiger partial charge on any atom is -0.326 e. The van der Waals surface area contributed by atoms with Crippen LogP contribution in [0.15, 0.2) is 37.1 Å². The van der Waals surface area contributed by atoms with Crippen molar-refractivity contribution in [1.82, 2.24) is 19.9 Å². The van der Waals surface area contributed by atoms with Crippen molar-refractivity contribution in [2.24, 2.45) is 0 Å². The molecule has 0 bridgehead atoms. The first-order valence-corrected chi connectivity index (χ1v) is 5.38. The zero-order chi connectivity index (χ0) is 11.4. The van der Waals surface area contributed by atoms with Gasteiger partial charge in [0, 0.05) is 25.1 Å². The molecule has 0 aromatic carbocycles. The van der Waals surface area contributed by atoms with Crippen molar-refractivity contribution < 1.29 is 0 Å². The molecule has 0 fully saturated rings. The number of aromatic nitrogens is 3. The van der Waals surface area contributed by atoms with E-state index in [2.05, 4.69) is 26.8 Å². The van der Waals surface area contributed by atoms with Gasteiger partial charge in [-0.3, -0.25) is 4.98 Å². The Bertz CT molecular complexity index is 435. The van der Waals surface area contributed by atoms with Gasteiger partial charge in [-0.1, -0.05) is 0 Å². The van der Waals surface area contributed by atoms with Crippen LogP contribution < -0.4 is 5.32 Å². The summed E-state index contributed by atoms with van der Waals surface area (Å²) in [4.78, 5) is 8.23. The Morgan fingerprint density at radius 1 is 1.31 bits per heavy atom. The van der Waals surface area contributed by atoms with E-state index in [1.165, 1.54) is 11.3 Å². The molecule has 84 valence electrons. The van der Waals surface area contributed by atoms with Crippen LogP contribution in [0.1, 0.15) is 24.2 Å². The largest absolute Gasteiger partial charge is 0.326 e. The third-order valence-electron chi connectivity index (χ3n) is 2.71. The molecule has 0 amide bonds. The molecule has 4 heteroatoms. The van der Waals surface area contributed by atoms with Gasteiger partial charge in [0.15, 0.2) is 0 Å². The summed E-state index contributed by atoms with van der Waals surface area (Å²) in [7, 11) is 1.94. The number of rotatable bonds is 4. The highest BCUT2D eigenvalue weighted by atomic mass is 15.1. The average Bonchev–Trinajstić information content (AvgIpc) is 2.78. The summed E-state index contributed by atoms with van der Waals surface area (Å²) in [6, 6.07) is 4.36. The number of hydrogen-bond donors (Lipinski definition) is 1. The summed E-state index contributed by atoms with van der Waals surface area (Å²) in [6.07, 6.45) is 7.41. The lowest BCUT2D eigenvalue weighted by Crippen LogP contribution is -2.14. The van der Waals surface area contributed by atoms with Gasteiger partial charge < -0.3 is 9.88 Å². The van der Waals surface area contributed by atoms with Gasteiger partial charge in [-0.2, -0.15) is 0 Å². The minimum absolute atomic E-state index is 0.286. The maximum absolute atomic E-state index is 4.19. The molecule has 0 aliphatic heterocycles. The number of pyridine rings is 1. The van der Waals surface area contributed by atoms with Gasteiger partial charge in [0.05, 0.1) is 18.1 Å². The summed E-state index contributed by atoms with van der Waals surface area (Å²) < 4.78 is 2.17. The second-order valence-corrected chi connectivity index (χ2v) is 3.78. The third kappa shape index (κ3) is 2.12. The van der Waals surface area contributed by atoms with E-state index >= 15 is 0 Å². The van der Waals surface area contributed by atoms with Crippen molar-refractivity contribution in [2.45, 2.75) is 19.5 Å². The molecule has 0 spiro atoms. The fraction of sp³-hybridized carbons (Fsp3) is 0.333. The van der Waals surface area contributed by atoms with E-state index in [0.717, 1.165) is 6.54 Å². The van der Waals surface area contributed by atoms with Crippen LogP contribution in [0, 0.1) is 0 Å². The molecule has 0 aliphatic carbocycles. The van der Waals surface area contributed by atoms with Crippen molar-refractivity contribution in [3.05, 3.63) is 48.3 Å². The first kappa shape index (κ1) is 10.8. The molecule has 2 aromatic rings. The second kappa shape index (κ2) is 4.90. The Kier molecular flexibility index (Phi) is 3.31. The van der Waals surface area contributed by atoms with Crippen molar-refractivity contribution in [3.8, 4) is 0 Å². The standard InChI is InChI=1S/C12H16N4/c1-10(11-3-5-14-6-4-11)16-9-15-8-12(16)7-13-2/h3-6,8-10,13H,7H2,1-2H3. The van der Waals surface area contributed by atoms with E-state index in [-0.39, 0.29) is 6.04 Å². The molecule has 1 unspecified atom stereocenters. The zero-order valence-corrected chi connectivity index (χ0v) is 9.59. The number of nitrogens with one attached hydrogen (secondary N) is 1. The Morgan fingerprint density at radius 3 is 2.75 bits per heavy atom. The normalized spacial score (nSPS) is 12.6. The highest BCUT2D eigenvalue weighted by Gasteiger charge is 2.10. The van der Waals surface area contributed by atoms with Crippen LogP contribution in [0.5, 0.6) is 0 Å². The molecule has 0 aliphatic rings. The summed E-state index contributed by atoms with van der Waals surface area (Å²) in [5, 5.41) is 3.14. The predicted molar refractivity (Wildman–Crippen MR) is 63.0 cm³/mol. The first-order chi connectivity index (χ1) is 7.83. The Labute approximate surface area is 95.4 Å². The summed E-state index contributed by atoms with van der Waals surface area (Å²) >= 11 is 0. The van der Waals surface area contributed by atoms with Gasteiger partial charge in [-0.25, -0.2) is 4.98 Å². The molecule has 2 heterocycles. The van der Waals surface area contributed by atoms with Gasteiger partial charge in [0.25, 0.3) is 0 Å². The summed E-state index contributed by atoms with van der Waals surface area (Å²) in [5.74, 6) is 0. The van der Waals surface area contributed by atoms with Gasteiger partial charge in [-0.05, 0) is 31.7 Å². The molecule has 0 saturated carbocycles. The number of nitrogens with zero attached hydrogens (tertiary/aromatic N) is 3. The molecule has 0 radical (unpaired) electrons. The second-order valence-electron chi connectivity index (χ2n) is 3.78. The van der Waals surface area contributed by atoms with Gasteiger partial charge in [0.2, 0.25) is 0 Å². The fourth-order valence-corrected chi connectivity index (χ4v) is 1.80. The van der Waals surface area contributed by atoms with Gasteiger partial charge in [0.1, 0.15) is 0 Å². The van der Waals surface area contributed by atoms with E-state index in [4.69, 9.17) is 0 Å². The maximum Gasteiger partial charge on any atom is 0.0954 e. The van der Waals surface area contributed by atoms with E-state index in [1.54, 1.807) is 0 Å². The SMILES string of the molecule is CNCc1cncn1C(C)c1ccncc1. The topological polar surface area (TPSA) is 42.7 Å². The highest BCUT2D eigenvalue weighted by molar-refractivity contribution is 5.17. The van der Waals surface area contributed by atoms with E-state index in [1.807, 2.05) is 44.1 Å². The molecule has 1 atom stereocenters. The van der Waals surface area contributed by atoms with Crippen LogP contribution >= 0.6 is 0 Å². The lowest BCUT2D eigenvalue weighted by molar-refractivity contribution is 0.593. The Hall–Kier alpha value is -1.68. The van der Waals surface area contributed by atoms with Gasteiger partial charge >= 0.3 is 0 Å². The number of imidazole rings is 1. The van der Waals surface area contributed by atoms with Crippen LogP contribution in [0.2, 0.25) is 0 Å². The summed E-state index contributed by atoms with van der Waals surface area (Å²) in [6.45, 7) is 2.99. The van der Waals surface area contributed by atoms with Gasteiger partial charge in [-0.15, -0.1) is 0 Å². The quantitative estimate of drug-likeness (QED) is 0.844. The Balaban J connectivity index is 2.27. The molecule has 16 heavy (non-hydrogen) atoms. The molecular weight excluding hydrogens is 200 g/mol. The highest BCUT2D eigenvalue weighted by Crippen LogP contribution is 2.18. The molecule has 0 saturated heterocycles. The lowest BCUT2D eigenvalue weighted by atomic mass is 10.1. The van der Waals surface area contributed by atoms with Crippen molar-refractivity contribution in [1.29, 1.82) is 0 Å². The van der Waals surface area contributed by atoms with Crippen molar-refractivity contribution in [2.75, 3.05) is 7.05 Å². The number of hydrogen-bond acceptors (Lipinski definition) is 3. The first-order valence-electron chi connectivity index (χ1n) is 5.38. The van der Waals surface area contributed by atoms with Crippen molar-refractivity contribution >= 4 is 0 Å². The van der Waals surface area contributed by atoms with E-state index in [0.29, 0.717) is 0 Å². The molecule has 2 rings (SSSR count). The molecule has 2 aromatic heterocycles. The predicted octanol–water partition coefficient (Wildman–Crippen LogP) is 1.61. The summed E-state index contributed by atoms with van der Waals surface area (Å²) in [5.41, 5.74) is 2.43. The zero-order valence-electron chi connectivity index (χ0n) is 9.59. The van der Waals surface area contributed by atoms with Crippen molar-refractivity contribution in [3.63, 3.8) is 0 Å². The van der Waals surface area contributed by atoms with Crippen LogP contribution in [0.25, 0.3) is 0 Å². The fourth-order valence-electron chi connectivity index (χ4n) is 1.80. The van der Waals surface area contributed by atoms with Crippen LogP contribution in [-0.2, 0) is 6.54 Å². The van der Waals surface area contributed by atoms with E-state index < -0.39 is 0 Å². The van der Waals surface area contributed by atoms with Crippen LogP contribution in [0.4, 0.5) is 0 Å². The molecule has 1 N–H and O–H groups in total. The third-order valence-corrected chi connectivity index (χ3v) is 2.71. The average molecular weight is 216 g/mol. The maximum atomic E-state index is 4.19. The van der Waals surface area contributed by atoms with Crippen LogP contribution in [0.3, 0.4) is 0 Å². The minimum atomic E-state index is 0.286. The van der Waals surface area contributed by atoms with E-state index in [9.17, 15) is 0 Å². The monoisotopic (exact) mass is 216 g/mol. The smallest absolute Gasteiger partial charge is 0.0954 e.